The van der Waals surface area contributed by atoms with Crippen LogP contribution in [0.25, 0.3) is 0 Å². The number of hydrogen-bond acceptors (Lipinski definition) is 3. The van der Waals surface area contributed by atoms with Crippen molar-refractivity contribution in [3.63, 3.8) is 0 Å². The second kappa shape index (κ2) is 5.56. The van der Waals surface area contributed by atoms with Crippen molar-refractivity contribution in [1.82, 2.24) is 0 Å². The summed E-state index contributed by atoms with van der Waals surface area (Å²) < 4.78 is 5.30. The first-order valence-electron chi connectivity index (χ1n) is 4.36. The maximum Gasteiger partial charge on any atom is 0.0736 e. The number of para-hydroxylation sites is 1. The molecule has 0 atom stereocenters. The zero-order valence-corrected chi connectivity index (χ0v) is 7.57. The summed E-state index contributed by atoms with van der Waals surface area (Å²) >= 11 is 0. The Labute approximate surface area is 78.1 Å². The van der Waals surface area contributed by atoms with E-state index in [-0.39, 0.29) is 6.61 Å². The quantitative estimate of drug-likeness (QED) is 0.529. The van der Waals surface area contributed by atoms with E-state index in [9.17, 15) is 0 Å². The highest BCUT2D eigenvalue weighted by Gasteiger charge is 1.96. The third-order valence-electron chi connectivity index (χ3n) is 1.76. The van der Waals surface area contributed by atoms with Crippen LogP contribution in [0.15, 0.2) is 24.3 Å². The Morgan fingerprint density at radius 3 is 2.77 bits per heavy atom. The van der Waals surface area contributed by atoms with Crippen molar-refractivity contribution < 1.29 is 9.84 Å². The number of anilines is 1. The maximum atomic E-state index is 8.51. The molecule has 72 valence electrons. The molecule has 0 heterocycles. The van der Waals surface area contributed by atoms with Gasteiger partial charge in [0.25, 0.3) is 0 Å². The Hall–Kier alpha value is -1.06. The van der Waals surface area contributed by atoms with E-state index in [4.69, 9.17) is 15.6 Å². The molecule has 0 saturated heterocycles. The van der Waals surface area contributed by atoms with Crippen LogP contribution in [-0.4, -0.2) is 18.3 Å². The SMILES string of the molecule is Nc1ccccc1COCCCO. The minimum atomic E-state index is 0.171. The molecule has 0 aromatic heterocycles. The summed E-state index contributed by atoms with van der Waals surface area (Å²) in [5.74, 6) is 0. The first kappa shape index (κ1) is 10.0. The summed E-state index contributed by atoms with van der Waals surface area (Å²) in [5, 5.41) is 8.51. The van der Waals surface area contributed by atoms with Crippen molar-refractivity contribution in [3.05, 3.63) is 29.8 Å². The molecule has 13 heavy (non-hydrogen) atoms. The van der Waals surface area contributed by atoms with Gasteiger partial charge in [-0.2, -0.15) is 0 Å². The van der Waals surface area contributed by atoms with Crippen LogP contribution in [0, 0.1) is 0 Å². The van der Waals surface area contributed by atoms with Gasteiger partial charge in [0.15, 0.2) is 0 Å². The van der Waals surface area contributed by atoms with Gasteiger partial charge in [0.05, 0.1) is 6.61 Å². The van der Waals surface area contributed by atoms with Crippen LogP contribution in [-0.2, 0) is 11.3 Å². The van der Waals surface area contributed by atoms with E-state index >= 15 is 0 Å². The van der Waals surface area contributed by atoms with Crippen LogP contribution >= 0.6 is 0 Å². The van der Waals surface area contributed by atoms with Crippen molar-refractivity contribution in [1.29, 1.82) is 0 Å². The molecule has 1 aromatic rings. The van der Waals surface area contributed by atoms with Crippen LogP contribution in [0.5, 0.6) is 0 Å². The number of ether oxygens (including phenoxy) is 1. The number of benzene rings is 1. The molecule has 0 saturated carbocycles. The largest absolute Gasteiger partial charge is 0.398 e. The lowest BCUT2D eigenvalue weighted by Gasteiger charge is -2.05. The number of aliphatic hydroxyl groups is 1. The van der Waals surface area contributed by atoms with Crippen molar-refractivity contribution >= 4 is 5.69 Å². The standard InChI is InChI=1S/C10H15NO2/c11-10-5-2-1-4-9(10)8-13-7-3-6-12/h1-2,4-5,12H,3,6-8,11H2. The van der Waals surface area contributed by atoms with E-state index in [1.165, 1.54) is 0 Å². The fourth-order valence-electron chi connectivity index (χ4n) is 1.01. The minimum Gasteiger partial charge on any atom is -0.398 e. The van der Waals surface area contributed by atoms with Gasteiger partial charge in [-0.3, -0.25) is 0 Å². The van der Waals surface area contributed by atoms with Gasteiger partial charge in [0.1, 0.15) is 0 Å². The molecule has 0 aliphatic carbocycles. The number of rotatable bonds is 5. The van der Waals surface area contributed by atoms with Gasteiger partial charge in [-0.05, 0) is 12.5 Å². The second-order valence-corrected chi connectivity index (χ2v) is 2.83. The maximum absolute atomic E-state index is 8.51. The molecule has 3 heteroatoms. The van der Waals surface area contributed by atoms with Crippen LogP contribution in [0.1, 0.15) is 12.0 Å². The molecule has 1 aromatic carbocycles. The molecule has 0 aliphatic rings. The number of aliphatic hydroxyl groups excluding tert-OH is 1. The summed E-state index contributed by atoms with van der Waals surface area (Å²) in [6, 6.07) is 7.62. The molecule has 0 spiro atoms. The number of hydrogen-bond donors (Lipinski definition) is 2. The summed E-state index contributed by atoms with van der Waals surface area (Å²) in [5.41, 5.74) is 7.46. The van der Waals surface area contributed by atoms with Crippen molar-refractivity contribution in [2.24, 2.45) is 0 Å². The predicted molar refractivity (Wildman–Crippen MR) is 52.2 cm³/mol. The lowest BCUT2D eigenvalue weighted by atomic mass is 10.2. The predicted octanol–water partition coefficient (Wildman–Crippen LogP) is 1.17. The van der Waals surface area contributed by atoms with Crippen LogP contribution in [0.3, 0.4) is 0 Å². The van der Waals surface area contributed by atoms with Crippen LogP contribution in [0.4, 0.5) is 5.69 Å². The van der Waals surface area contributed by atoms with Gasteiger partial charge < -0.3 is 15.6 Å². The second-order valence-electron chi connectivity index (χ2n) is 2.83. The molecule has 0 aliphatic heterocycles. The van der Waals surface area contributed by atoms with Gasteiger partial charge in [-0.15, -0.1) is 0 Å². The highest BCUT2D eigenvalue weighted by molar-refractivity contribution is 5.45. The summed E-state index contributed by atoms with van der Waals surface area (Å²) in [4.78, 5) is 0. The fraction of sp³-hybridized carbons (Fsp3) is 0.400. The molecule has 3 nitrogen and oxygen atoms in total. The Balaban J connectivity index is 2.32. The minimum absolute atomic E-state index is 0.171. The zero-order valence-electron chi connectivity index (χ0n) is 7.57. The highest BCUT2D eigenvalue weighted by Crippen LogP contribution is 2.11. The summed E-state index contributed by atoms with van der Waals surface area (Å²) in [6.07, 6.45) is 0.673. The van der Waals surface area contributed by atoms with Crippen molar-refractivity contribution in [2.75, 3.05) is 18.9 Å². The van der Waals surface area contributed by atoms with Crippen LogP contribution < -0.4 is 5.73 Å². The topological polar surface area (TPSA) is 55.5 Å². The molecular weight excluding hydrogens is 166 g/mol. The average Bonchev–Trinajstić information content (AvgIpc) is 2.15. The lowest BCUT2D eigenvalue weighted by Crippen LogP contribution is -2.00. The smallest absolute Gasteiger partial charge is 0.0736 e. The van der Waals surface area contributed by atoms with Gasteiger partial charge in [0.2, 0.25) is 0 Å². The Bertz CT molecular complexity index is 250. The molecule has 0 unspecified atom stereocenters. The number of nitrogens with two attached hydrogens (primary N) is 1. The molecular formula is C10H15NO2. The van der Waals surface area contributed by atoms with Gasteiger partial charge >= 0.3 is 0 Å². The first-order valence-corrected chi connectivity index (χ1v) is 4.36. The average molecular weight is 181 g/mol. The zero-order chi connectivity index (χ0) is 9.52. The summed E-state index contributed by atoms with van der Waals surface area (Å²) in [7, 11) is 0. The van der Waals surface area contributed by atoms with E-state index in [2.05, 4.69) is 0 Å². The monoisotopic (exact) mass is 181 g/mol. The third kappa shape index (κ3) is 3.44. The van der Waals surface area contributed by atoms with E-state index in [1.807, 2.05) is 24.3 Å². The van der Waals surface area contributed by atoms with Gasteiger partial charge in [0, 0.05) is 24.5 Å². The third-order valence-corrected chi connectivity index (χ3v) is 1.76. The van der Waals surface area contributed by atoms with Gasteiger partial charge in [-0.1, -0.05) is 18.2 Å². The van der Waals surface area contributed by atoms with Crippen molar-refractivity contribution in [2.45, 2.75) is 13.0 Å². The lowest BCUT2D eigenvalue weighted by molar-refractivity contribution is 0.104. The van der Waals surface area contributed by atoms with E-state index in [0.717, 1.165) is 11.3 Å². The molecule has 0 bridgehead atoms. The fourth-order valence-corrected chi connectivity index (χ4v) is 1.01. The van der Waals surface area contributed by atoms with E-state index in [0.29, 0.717) is 19.6 Å². The van der Waals surface area contributed by atoms with Crippen LogP contribution in [0.2, 0.25) is 0 Å². The molecule has 0 radical (unpaired) electrons. The Kier molecular flexibility index (Phi) is 4.29. The van der Waals surface area contributed by atoms with E-state index in [1.54, 1.807) is 0 Å². The molecule has 0 fully saturated rings. The molecule has 0 amide bonds. The molecule has 3 N–H and O–H groups in total. The Morgan fingerprint density at radius 1 is 1.31 bits per heavy atom. The Morgan fingerprint density at radius 2 is 2.08 bits per heavy atom. The van der Waals surface area contributed by atoms with Crippen molar-refractivity contribution in [3.8, 4) is 0 Å². The first-order chi connectivity index (χ1) is 6.34. The van der Waals surface area contributed by atoms with Gasteiger partial charge in [-0.25, -0.2) is 0 Å². The highest BCUT2D eigenvalue weighted by atomic mass is 16.5. The summed E-state index contributed by atoms with van der Waals surface area (Å²) in [6.45, 7) is 1.27. The van der Waals surface area contributed by atoms with E-state index < -0.39 is 0 Å². The molecule has 1 rings (SSSR count). The normalized spacial score (nSPS) is 10.2. The number of nitrogen functional groups attached to an aromatic ring is 1.